The van der Waals surface area contributed by atoms with E-state index in [0.29, 0.717) is 27.7 Å². The molecular formula is C25H32N6O2S2. The fraction of sp³-hybridized carbons (Fsp3) is 0.480. The summed E-state index contributed by atoms with van der Waals surface area (Å²) in [5, 5.41) is 13.5. The summed E-state index contributed by atoms with van der Waals surface area (Å²) >= 11 is 2.92. The fourth-order valence-corrected chi connectivity index (χ4v) is 5.92. The molecule has 35 heavy (non-hydrogen) atoms. The van der Waals surface area contributed by atoms with Gasteiger partial charge in [-0.2, -0.15) is 0 Å². The zero-order valence-electron chi connectivity index (χ0n) is 20.7. The topological polar surface area (TPSA) is 94.8 Å². The minimum absolute atomic E-state index is 0.0394. The number of ether oxygens (including phenoxy) is 1. The third kappa shape index (κ3) is 6.76. The zero-order chi connectivity index (χ0) is 24.8. The normalized spacial score (nSPS) is 17.8. The number of benzene rings is 1. The first-order valence-corrected chi connectivity index (χ1v) is 13.9. The van der Waals surface area contributed by atoms with Gasteiger partial charge < -0.3 is 10.1 Å². The van der Waals surface area contributed by atoms with Crippen LogP contribution in [0.3, 0.4) is 0 Å². The van der Waals surface area contributed by atoms with Crippen molar-refractivity contribution in [2.45, 2.75) is 68.6 Å². The van der Waals surface area contributed by atoms with Crippen LogP contribution in [0.4, 0.5) is 0 Å². The van der Waals surface area contributed by atoms with Crippen LogP contribution in [0.15, 0.2) is 40.6 Å². The molecule has 0 aliphatic heterocycles. The standard InChI is InChI=1S/C25H32N6O2S2/c1-16-7-5-6-8-21(16)28-23(32)15-35-25-30-29-22(14-34-24-26-17(2)13-18(3)27-24)31(25)19-9-11-20(33-4)12-10-19/h9-13,16,21H,5-8,14-15H2,1-4H3,(H,28,32)/t16-,21-/m0/s1. The number of nitrogens with zero attached hydrogens (tertiary/aromatic N) is 5. The smallest absolute Gasteiger partial charge is 0.230 e. The monoisotopic (exact) mass is 512 g/mol. The van der Waals surface area contributed by atoms with Crippen LogP contribution in [0, 0.1) is 19.8 Å². The zero-order valence-corrected chi connectivity index (χ0v) is 22.3. The van der Waals surface area contributed by atoms with Gasteiger partial charge in [-0.25, -0.2) is 9.97 Å². The largest absolute Gasteiger partial charge is 0.497 e. The lowest BCUT2D eigenvalue weighted by Crippen LogP contribution is -2.41. The number of rotatable bonds is 9. The molecule has 2 atom stereocenters. The lowest BCUT2D eigenvalue weighted by atomic mass is 9.86. The average molecular weight is 513 g/mol. The number of hydrogen-bond acceptors (Lipinski definition) is 8. The fourth-order valence-electron chi connectivity index (χ4n) is 4.27. The summed E-state index contributed by atoms with van der Waals surface area (Å²) < 4.78 is 7.31. The molecule has 1 N–H and O–H groups in total. The molecule has 1 aliphatic carbocycles. The van der Waals surface area contributed by atoms with Crippen LogP contribution >= 0.6 is 23.5 Å². The van der Waals surface area contributed by atoms with Crippen molar-refractivity contribution in [3.63, 3.8) is 0 Å². The number of carbonyl (C=O) groups excluding carboxylic acids is 1. The van der Waals surface area contributed by atoms with E-state index in [9.17, 15) is 4.79 Å². The summed E-state index contributed by atoms with van der Waals surface area (Å²) in [6, 6.07) is 9.98. The Hall–Kier alpha value is -2.59. The van der Waals surface area contributed by atoms with Crippen LogP contribution in [0.2, 0.25) is 0 Å². The Bertz CT molecular complexity index is 1130. The van der Waals surface area contributed by atoms with Crippen LogP contribution in [0.5, 0.6) is 5.75 Å². The van der Waals surface area contributed by atoms with Gasteiger partial charge >= 0.3 is 0 Å². The number of aryl methyl sites for hydroxylation is 2. The molecule has 0 saturated heterocycles. The van der Waals surface area contributed by atoms with E-state index in [4.69, 9.17) is 4.74 Å². The van der Waals surface area contributed by atoms with Crippen molar-refractivity contribution in [2.24, 2.45) is 5.92 Å². The van der Waals surface area contributed by atoms with E-state index in [0.717, 1.165) is 35.1 Å². The molecule has 0 spiro atoms. The number of hydrogen-bond donors (Lipinski definition) is 1. The summed E-state index contributed by atoms with van der Waals surface area (Å²) in [5.74, 6) is 2.96. The number of carbonyl (C=O) groups is 1. The van der Waals surface area contributed by atoms with Crippen molar-refractivity contribution < 1.29 is 9.53 Å². The molecule has 2 aromatic heterocycles. The molecule has 8 nitrogen and oxygen atoms in total. The maximum Gasteiger partial charge on any atom is 0.230 e. The maximum atomic E-state index is 12.7. The van der Waals surface area contributed by atoms with Gasteiger partial charge in [0.15, 0.2) is 10.3 Å². The van der Waals surface area contributed by atoms with Crippen molar-refractivity contribution in [3.05, 3.63) is 47.5 Å². The highest BCUT2D eigenvalue weighted by molar-refractivity contribution is 7.99. The predicted molar refractivity (Wildman–Crippen MR) is 139 cm³/mol. The molecule has 1 fully saturated rings. The molecule has 0 unspecified atom stereocenters. The van der Waals surface area contributed by atoms with Gasteiger partial charge in [-0.1, -0.05) is 43.3 Å². The summed E-state index contributed by atoms with van der Waals surface area (Å²) in [7, 11) is 1.65. The molecular weight excluding hydrogens is 480 g/mol. The highest BCUT2D eigenvalue weighted by Crippen LogP contribution is 2.28. The Labute approximate surface area is 215 Å². The SMILES string of the molecule is COc1ccc(-n2c(CSc3nc(C)cc(C)n3)nnc2SCC(=O)N[C@H]2CCCC[C@@H]2C)cc1. The first-order valence-electron chi connectivity index (χ1n) is 11.9. The van der Waals surface area contributed by atoms with Gasteiger partial charge in [0.05, 0.1) is 18.6 Å². The van der Waals surface area contributed by atoms with Crippen LogP contribution in [-0.2, 0) is 10.5 Å². The predicted octanol–water partition coefficient (Wildman–Crippen LogP) is 4.76. The molecule has 1 saturated carbocycles. The highest BCUT2D eigenvalue weighted by Gasteiger charge is 2.23. The Morgan fingerprint density at radius 1 is 1.09 bits per heavy atom. The van der Waals surface area contributed by atoms with Crippen LogP contribution in [0.25, 0.3) is 5.69 Å². The van der Waals surface area contributed by atoms with E-state index < -0.39 is 0 Å². The first kappa shape index (κ1) is 25.5. The molecule has 0 bridgehead atoms. The second-order valence-corrected chi connectivity index (χ2v) is 10.8. The maximum absolute atomic E-state index is 12.7. The number of nitrogens with one attached hydrogen (secondary N) is 1. The number of thioether (sulfide) groups is 2. The molecule has 1 amide bonds. The van der Waals surface area contributed by atoms with Gasteiger partial charge in [0, 0.05) is 23.1 Å². The average Bonchev–Trinajstić information content (AvgIpc) is 3.25. The molecule has 0 radical (unpaired) electrons. The molecule has 1 aromatic carbocycles. The van der Waals surface area contributed by atoms with Gasteiger partial charge in [-0.3, -0.25) is 9.36 Å². The van der Waals surface area contributed by atoms with E-state index in [-0.39, 0.29) is 11.9 Å². The Morgan fingerprint density at radius 2 is 1.80 bits per heavy atom. The van der Waals surface area contributed by atoms with E-state index in [1.807, 2.05) is 48.7 Å². The van der Waals surface area contributed by atoms with E-state index in [1.165, 1.54) is 42.8 Å². The third-order valence-corrected chi connectivity index (χ3v) is 7.89. The second-order valence-electron chi connectivity index (χ2n) is 8.88. The summed E-state index contributed by atoms with van der Waals surface area (Å²) in [4.78, 5) is 21.8. The second kappa shape index (κ2) is 11.9. The Kier molecular flexibility index (Phi) is 8.67. The van der Waals surface area contributed by atoms with Gasteiger partial charge in [0.1, 0.15) is 11.6 Å². The Balaban J connectivity index is 1.50. The Morgan fingerprint density at radius 3 is 2.49 bits per heavy atom. The van der Waals surface area contributed by atoms with Crippen LogP contribution < -0.4 is 10.1 Å². The van der Waals surface area contributed by atoms with E-state index in [2.05, 4.69) is 32.4 Å². The summed E-state index contributed by atoms with van der Waals surface area (Å²) in [5.41, 5.74) is 2.79. The summed E-state index contributed by atoms with van der Waals surface area (Å²) in [6.45, 7) is 6.15. The van der Waals surface area contributed by atoms with Crippen molar-refractivity contribution in [1.29, 1.82) is 0 Å². The summed E-state index contributed by atoms with van der Waals surface area (Å²) in [6.07, 6.45) is 4.66. The van der Waals surface area contributed by atoms with Gasteiger partial charge in [0.25, 0.3) is 0 Å². The molecule has 10 heteroatoms. The number of aromatic nitrogens is 5. The van der Waals surface area contributed by atoms with Crippen molar-refractivity contribution in [2.75, 3.05) is 12.9 Å². The minimum Gasteiger partial charge on any atom is -0.497 e. The van der Waals surface area contributed by atoms with E-state index >= 15 is 0 Å². The third-order valence-electron chi connectivity index (χ3n) is 6.11. The van der Waals surface area contributed by atoms with Gasteiger partial charge in [-0.15, -0.1) is 10.2 Å². The van der Waals surface area contributed by atoms with Crippen molar-refractivity contribution in [1.82, 2.24) is 30.0 Å². The van der Waals surface area contributed by atoms with Crippen molar-refractivity contribution in [3.8, 4) is 11.4 Å². The quantitative estimate of drug-likeness (QED) is 0.324. The van der Waals surface area contributed by atoms with E-state index in [1.54, 1.807) is 7.11 Å². The highest BCUT2D eigenvalue weighted by atomic mass is 32.2. The molecule has 4 rings (SSSR count). The molecule has 2 heterocycles. The molecule has 186 valence electrons. The molecule has 3 aromatic rings. The number of methoxy groups -OCH3 is 1. The minimum atomic E-state index is 0.0394. The molecule has 1 aliphatic rings. The van der Waals surface area contributed by atoms with Gasteiger partial charge in [0.2, 0.25) is 5.91 Å². The van der Waals surface area contributed by atoms with Crippen LogP contribution in [-0.4, -0.2) is 49.5 Å². The lowest BCUT2D eigenvalue weighted by molar-refractivity contribution is -0.119. The van der Waals surface area contributed by atoms with Crippen LogP contribution in [0.1, 0.15) is 49.8 Å². The van der Waals surface area contributed by atoms with Gasteiger partial charge in [-0.05, 0) is 62.9 Å². The van der Waals surface area contributed by atoms with Crippen molar-refractivity contribution >= 4 is 29.4 Å². The lowest BCUT2D eigenvalue weighted by Gasteiger charge is -2.29. The number of amides is 1. The first-order chi connectivity index (χ1) is 16.9.